The SMILES string of the molecule is CCc1ccc(CBr)c(I)c1. The molecule has 0 spiro atoms. The van der Waals surface area contributed by atoms with Crippen LogP contribution in [-0.4, -0.2) is 0 Å². The first kappa shape index (κ1) is 9.52. The normalized spacial score (nSPS) is 10.1. The van der Waals surface area contributed by atoms with Crippen LogP contribution in [0, 0.1) is 3.57 Å². The molecule has 0 N–H and O–H groups in total. The van der Waals surface area contributed by atoms with Gasteiger partial charge in [0.15, 0.2) is 0 Å². The summed E-state index contributed by atoms with van der Waals surface area (Å²) in [4.78, 5) is 0. The average molecular weight is 325 g/mol. The third kappa shape index (κ3) is 2.44. The highest BCUT2D eigenvalue weighted by molar-refractivity contribution is 14.1. The van der Waals surface area contributed by atoms with Crippen molar-refractivity contribution in [3.63, 3.8) is 0 Å². The molecule has 0 aromatic heterocycles. The molecule has 2 heteroatoms. The Morgan fingerprint density at radius 2 is 2.18 bits per heavy atom. The van der Waals surface area contributed by atoms with E-state index in [-0.39, 0.29) is 0 Å². The monoisotopic (exact) mass is 324 g/mol. The maximum absolute atomic E-state index is 3.45. The van der Waals surface area contributed by atoms with E-state index in [0.29, 0.717) is 0 Å². The summed E-state index contributed by atoms with van der Waals surface area (Å²) in [7, 11) is 0. The molecule has 0 unspecified atom stereocenters. The second-order valence-electron chi connectivity index (χ2n) is 2.41. The first-order valence-electron chi connectivity index (χ1n) is 3.61. The summed E-state index contributed by atoms with van der Waals surface area (Å²) in [5, 5.41) is 0.954. The lowest BCUT2D eigenvalue weighted by molar-refractivity contribution is 1.13. The van der Waals surface area contributed by atoms with Crippen LogP contribution in [0.5, 0.6) is 0 Å². The van der Waals surface area contributed by atoms with Crippen LogP contribution in [0.1, 0.15) is 18.1 Å². The van der Waals surface area contributed by atoms with Crippen LogP contribution in [0.4, 0.5) is 0 Å². The van der Waals surface area contributed by atoms with Crippen LogP contribution >= 0.6 is 38.5 Å². The first-order valence-corrected chi connectivity index (χ1v) is 5.81. The van der Waals surface area contributed by atoms with Gasteiger partial charge in [-0.25, -0.2) is 0 Å². The molecular weight excluding hydrogens is 315 g/mol. The minimum atomic E-state index is 0.954. The van der Waals surface area contributed by atoms with Gasteiger partial charge >= 0.3 is 0 Å². The van der Waals surface area contributed by atoms with Crippen molar-refractivity contribution < 1.29 is 0 Å². The van der Waals surface area contributed by atoms with Gasteiger partial charge in [0.05, 0.1) is 0 Å². The molecule has 0 atom stereocenters. The summed E-state index contributed by atoms with van der Waals surface area (Å²) in [6.07, 6.45) is 1.12. The Morgan fingerprint density at radius 3 is 2.64 bits per heavy atom. The van der Waals surface area contributed by atoms with Gasteiger partial charge in [0.2, 0.25) is 0 Å². The molecule has 0 heterocycles. The molecule has 0 fully saturated rings. The van der Waals surface area contributed by atoms with E-state index < -0.39 is 0 Å². The van der Waals surface area contributed by atoms with Crippen molar-refractivity contribution in [2.24, 2.45) is 0 Å². The number of aryl methyl sites for hydroxylation is 1. The molecule has 0 amide bonds. The molecule has 1 aromatic carbocycles. The predicted molar refractivity (Wildman–Crippen MR) is 61.2 cm³/mol. The fourth-order valence-corrected chi connectivity index (χ4v) is 2.70. The molecule has 0 saturated heterocycles. The Labute approximate surface area is 89.7 Å². The van der Waals surface area contributed by atoms with E-state index in [0.717, 1.165) is 11.8 Å². The molecule has 0 radical (unpaired) electrons. The number of alkyl halides is 1. The van der Waals surface area contributed by atoms with Crippen LogP contribution in [-0.2, 0) is 11.8 Å². The molecule has 11 heavy (non-hydrogen) atoms. The van der Waals surface area contributed by atoms with Gasteiger partial charge in [-0.2, -0.15) is 0 Å². The Balaban J connectivity index is 2.99. The van der Waals surface area contributed by atoms with Crippen molar-refractivity contribution in [3.05, 3.63) is 32.9 Å². The van der Waals surface area contributed by atoms with Gasteiger partial charge < -0.3 is 0 Å². The van der Waals surface area contributed by atoms with E-state index in [1.807, 2.05) is 0 Å². The van der Waals surface area contributed by atoms with E-state index in [9.17, 15) is 0 Å². The highest BCUT2D eigenvalue weighted by atomic mass is 127. The summed E-state index contributed by atoms with van der Waals surface area (Å²) in [5.74, 6) is 0. The van der Waals surface area contributed by atoms with Crippen LogP contribution in [0.2, 0.25) is 0 Å². The molecule has 1 aromatic rings. The molecule has 0 nitrogen and oxygen atoms in total. The number of benzene rings is 1. The lowest BCUT2D eigenvalue weighted by atomic mass is 10.1. The molecule has 0 aliphatic heterocycles. The van der Waals surface area contributed by atoms with E-state index in [4.69, 9.17) is 0 Å². The predicted octanol–water partition coefficient (Wildman–Crippen LogP) is 3.75. The lowest BCUT2D eigenvalue weighted by Gasteiger charge is -2.02. The number of rotatable bonds is 2. The largest absolute Gasteiger partial charge is 0.0876 e. The number of halogens is 2. The van der Waals surface area contributed by atoms with Crippen molar-refractivity contribution in [1.82, 2.24) is 0 Å². The second-order valence-corrected chi connectivity index (χ2v) is 4.14. The topological polar surface area (TPSA) is 0 Å². The van der Waals surface area contributed by atoms with Crippen molar-refractivity contribution in [2.45, 2.75) is 18.7 Å². The summed E-state index contributed by atoms with van der Waals surface area (Å²) in [5.41, 5.74) is 2.79. The van der Waals surface area contributed by atoms with E-state index in [1.165, 1.54) is 14.7 Å². The zero-order valence-electron chi connectivity index (χ0n) is 6.40. The Hall–Kier alpha value is 0.430. The minimum absolute atomic E-state index is 0.954. The molecule has 0 aliphatic rings. The third-order valence-electron chi connectivity index (χ3n) is 1.67. The summed E-state index contributed by atoms with van der Waals surface area (Å²) in [6.45, 7) is 2.18. The fourth-order valence-electron chi connectivity index (χ4n) is 0.919. The molecule has 0 aliphatic carbocycles. The molecular formula is C9H10BrI. The van der Waals surface area contributed by atoms with Gasteiger partial charge in [0.25, 0.3) is 0 Å². The van der Waals surface area contributed by atoms with E-state index >= 15 is 0 Å². The highest BCUT2D eigenvalue weighted by Crippen LogP contribution is 2.17. The number of hydrogen-bond acceptors (Lipinski definition) is 0. The lowest BCUT2D eigenvalue weighted by Crippen LogP contribution is -1.87. The molecule has 0 saturated carbocycles. The summed E-state index contributed by atoms with van der Waals surface area (Å²) < 4.78 is 1.36. The third-order valence-corrected chi connectivity index (χ3v) is 3.28. The minimum Gasteiger partial charge on any atom is -0.0876 e. The molecule has 60 valence electrons. The average Bonchev–Trinajstić information content (AvgIpc) is 2.04. The van der Waals surface area contributed by atoms with E-state index in [2.05, 4.69) is 63.6 Å². The fraction of sp³-hybridized carbons (Fsp3) is 0.333. The maximum atomic E-state index is 3.45. The van der Waals surface area contributed by atoms with Gasteiger partial charge in [-0.05, 0) is 46.2 Å². The van der Waals surface area contributed by atoms with Gasteiger partial charge in [-0.3, -0.25) is 0 Å². The van der Waals surface area contributed by atoms with Crippen molar-refractivity contribution >= 4 is 38.5 Å². The summed E-state index contributed by atoms with van der Waals surface area (Å²) in [6, 6.07) is 6.63. The maximum Gasteiger partial charge on any atom is 0.0293 e. The standard InChI is InChI=1S/C9H10BrI/c1-2-7-3-4-8(6-10)9(11)5-7/h3-5H,2,6H2,1H3. The van der Waals surface area contributed by atoms with Gasteiger partial charge in [-0.15, -0.1) is 0 Å². The van der Waals surface area contributed by atoms with Crippen molar-refractivity contribution in [3.8, 4) is 0 Å². The van der Waals surface area contributed by atoms with Crippen LogP contribution in [0.3, 0.4) is 0 Å². The highest BCUT2D eigenvalue weighted by Gasteiger charge is 1.97. The van der Waals surface area contributed by atoms with E-state index in [1.54, 1.807) is 0 Å². The molecule has 0 bridgehead atoms. The Kier molecular flexibility index (Phi) is 3.85. The number of hydrogen-bond donors (Lipinski definition) is 0. The molecule has 1 rings (SSSR count). The van der Waals surface area contributed by atoms with Crippen molar-refractivity contribution in [2.75, 3.05) is 0 Å². The smallest absolute Gasteiger partial charge is 0.0293 e. The quantitative estimate of drug-likeness (QED) is 0.574. The van der Waals surface area contributed by atoms with Crippen LogP contribution in [0.15, 0.2) is 18.2 Å². The van der Waals surface area contributed by atoms with Crippen LogP contribution < -0.4 is 0 Å². The van der Waals surface area contributed by atoms with Gasteiger partial charge in [0.1, 0.15) is 0 Å². The Bertz CT molecular complexity index is 245. The first-order chi connectivity index (χ1) is 5.27. The zero-order chi connectivity index (χ0) is 8.27. The Morgan fingerprint density at radius 1 is 1.45 bits per heavy atom. The van der Waals surface area contributed by atoms with Gasteiger partial charge in [-0.1, -0.05) is 35.0 Å². The summed E-state index contributed by atoms with van der Waals surface area (Å²) >= 11 is 5.83. The second kappa shape index (κ2) is 4.45. The van der Waals surface area contributed by atoms with Crippen LogP contribution in [0.25, 0.3) is 0 Å². The van der Waals surface area contributed by atoms with Crippen molar-refractivity contribution in [1.29, 1.82) is 0 Å². The van der Waals surface area contributed by atoms with Gasteiger partial charge in [0, 0.05) is 8.90 Å². The zero-order valence-corrected chi connectivity index (χ0v) is 10.1.